The van der Waals surface area contributed by atoms with Crippen molar-refractivity contribution >= 4 is 29.2 Å². The molecule has 0 fully saturated rings. The molecule has 2 rings (SSSR count). The van der Waals surface area contributed by atoms with Gasteiger partial charge in [0.2, 0.25) is 5.91 Å². The number of halogens is 1. The first-order valence-corrected chi connectivity index (χ1v) is 6.33. The molecule has 0 saturated carbocycles. The predicted octanol–water partition coefficient (Wildman–Crippen LogP) is 1.41. The van der Waals surface area contributed by atoms with Crippen molar-refractivity contribution in [2.75, 3.05) is 5.32 Å². The molecule has 4 N–H and O–H groups in total. The van der Waals surface area contributed by atoms with Gasteiger partial charge in [-0.25, -0.2) is 4.79 Å². The molecule has 0 aliphatic rings. The first-order valence-electron chi connectivity index (χ1n) is 5.95. The van der Waals surface area contributed by atoms with Gasteiger partial charge in [-0.15, -0.1) is 0 Å². The Balaban J connectivity index is 2.17. The van der Waals surface area contributed by atoms with E-state index in [0.717, 1.165) is 0 Å². The average molecular weight is 309 g/mol. The van der Waals surface area contributed by atoms with Crippen molar-refractivity contribution < 1.29 is 14.7 Å². The second kappa shape index (κ2) is 5.94. The lowest BCUT2D eigenvalue weighted by molar-refractivity contribution is -0.117. The molecule has 0 aliphatic heterocycles. The minimum Gasteiger partial charge on any atom is -0.478 e. The number of carboxylic acid groups (broad SMARTS) is 1. The fourth-order valence-electron chi connectivity index (χ4n) is 1.76. The Bertz CT molecular complexity index is 698. The number of nitrogens with zero attached hydrogens (tertiary/aromatic N) is 2. The Morgan fingerprint density at radius 2 is 2.14 bits per heavy atom. The molecule has 1 aromatic carbocycles. The van der Waals surface area contributed by atoms with Gasteiger partial charge in [0.05, 0.1) is 11.8 Å². The van der Waals surface area contributed by atoms with Crippen LogP contribution in [0.15, 0.2) is 30.6 Å². The van der Waals surface area contributed by atoms with E-state index in [1.165, 1.54) is 29.1 Å². The van der Waals surface area contributed by atoms with E-state index in [2.05, 4.69) is 10.4 Å². The number of carboxylic acids is 1. The van der Waals surface area contributed by atoms with Crippen LogP contribution in [0, 0.1) is 0 Å². The Morgan fingerprint density at radius 1 is 1.43 bits per heavy atom. The summed E-state index contributed by atoms with van der Waals surface area (Å²) < 4.78 is 1.53. The van der Waals surface area contributed by atoms with Crippen molar-refractivity contribution in [3.63, 3.8) is 0 Å². The van der Waals surface area contributed by atoms with Crippen molar-refractivity contribution in [2.24, 2.45) is 12.8 Å². The van der Waals surface area contributed by atoms with E-state index in [0.29, 0.717) is 5.56 Å². The number of anilines is 1. The standard InChI is InChI=1S/C13H13ClN4O3/c1-18-6-8(5-16-18)11(15)12(19)17-10-3-7(13(20)21)2-9(14)4-10/h2-6,11H,15H2,1H3,(H,17,19)(H,20,21). The molecule has 0 spiro atoms. The number of hydrogen-bond acceptors (Lipinski definition) is 4. The SMILES string of the molecule is Cn1cc(C(N)C(=O)Nc2cc(Cl)cc(C(=O)O)c2)cn1. The summed E-state index contributed by atoms with van der Waals surface area (Å²) in [6, 6.07) is 3.14. The van der Waals surface area contributed by atoms with Gasteiger partial charge in [-0.05, 0) is 18.2 Å². The van der Waals surface area contributed by atoms with E-state index in [-0.39, 0.29) is 16.3 Å². The molecule has 1 unspecified atom stereocenters. The van der Waals surface area contributed by atoms with E-state index in [1.54, 1.807) is 13.2 Å². The van der Waals surface area contributed by atoms with E-state index in [9.17, 15) is 9.59 Å². The first kappa shape index (κ1) is 15.0. The highest BCUT2D eigenvalue weighted by atomic mass is 35.5. The fraction of sp³-hybridized carbons (Fsp3) is 0.154. The number of carbonyl (C=O) groups is 2. The number of nitrogens with one attached hydrogen (secondary N) is 1. The molecule has 21 heavy (non-hydrogen) atoms. The second-order valence-electron chi connectivity index (χ2n) is 4.45. The molecule has 0 bridgehead atoms. The smallest absolute Gasteiger partial charge is 0.335 e. The minimum absolute atomic E-state index is 0.0206. The molecule has 2 aromatic rings. The van der Waals surface area contributed by atoms with Gasteiger partial charge in [-0.1, -0.05) is 11.6 Å². The zero-order valence-electron chi connectivity index (χ0n) is 11.1. The van der Waals surface area contributed by atoms with Gasteiger partial charge in [0.15, 0.2) is 0 Å². The normalized spacial score (nSPS) is 12.0. The molecule has 1 aromatic heterocycles. The summed E-state index contributed by atoms with van der Waals surface area (Å²) in [6.07, 6.45) is 3.12. The Labute approximate surface area is 125 Å². The molecule has 0 radical (unpaired) electrons. The maximum absolute atomic E-state index is 12.1. The third-order valence-corrected chi connectivity index (χ3v) is 3.00. The number of hydrogen-bond donors (Lipinski definition) is 3. The first-order chi connectivity index (χ1) is 9.86. The topological polar surface area (TPSA) is 110 Å². The molecule has 1 amide bonds. The van der Waals surface area contributed by atoms with Crippen molar-refractivity contribution in [3.8, 4) is 0 Å². The lowest BCUT2D eigenvalue weighted by Gasteiger charge is -2.11. The van der Waals surface area contributed by atoms with Gasteiger partial charge >= 0.3 is 5.97 Å². The summed E-state index contributed by atoms with van der Waals surface area (Å²) in [5.41, 5.74) is 6.62. The number of aryl methyl sites for hydroxylation is 1. The molecule has 0 aliphatic carbocycles. The van der Waals surface area contributed by atoms with Crippen LogP contribution in [0.4, 0.5) is 5.69 Å². The van der Waals surface area contributed by atoms with Crippen LogP contribution in [0.3, 0.4) is 0 Å². The largest absolute Gasteiger partial charge is 0.478 e. The van der Waals surface area contributed by atoms with Gasteiger partial charge in [-0.3, -0.25) is 9.48 Å². The second-order valence-corrected chi connectivity index (χ2v) is 4.88. The van der Waals surface area contributed by atoms with Crippen LogP contribution in [0.25, 0.3) is 0 Å². The third kappa shape index (κ3) is 3.59. The van der Waals surface area contributed by atoms with E-state index in [4.69, 9.17) is 22.4 Å². The maximum atomic E-state index is 12.1. The summed E-state index contributed by atoms with van der Waals surface area (Å²) in [4.78, 5) is 23.0. The fourth-order valence-corrected chi connectivity index (χ4v) is 1.99. The van der Waals surface area contributed by atoms with Gasteiger partial charge < -0.3 is 16.2 Å². The number of carbonyl (C=O) groups excluding carboxylic acids is 1. The summed E-state index contributed by atoms with van der Waals surface area (Å²) in [6.45, 7) is 0. The van der Waals surface area contributed by atoms with Gasteiger partial charge in [0.1, 0.15) is 6.04 Å². The molecule has 110 valence electrons. The van der Waals surface area contributed by atoms with Gasteiger partial charge in [-0.2, -0.15) is 5.10 Å². The number of benzene rings is 1. The summed E-state index contributed by atoms with van der Waals surface area (Å²) in [5.74, 6) is -1.62. The molecule has 7 nitrogen and oxygen atoms in total. The summed E-state index contributed by atoms with van der Waals surface area (Å²) >= 11 is 5.82. The van der Waals surface area contributed by atoms with Crippen molar-refractivity contribution in [3.05, 3.63) is 46.7 Å². The quantitative estimate of drug-likeness (QED) is 0.791. The highest BCUT2D eigenvalue weighted by Crippen LogP contribution is 2.20. The van der Waals surface area contributed by atoms with Crippen LogP contribution >= 0.6 is 11.6 Å². The molecule has 1 heterocycles. The van der Waals surface area contributed by atoms with Crippen LogP contribution in [-0.2, 0) is 11.8 Å². The zero-order valence-corrected chi connectivity index (χ0v) is 11.8. The van der Waals surface area contributed by atoms with Crippen LogP contribution in [-0.4, -0.2) is 26.8 Å². The number of rotatable bonds is 4. The number of nitrogens with two attached hydrogens (primary N) is 1. The van der Waals surface area contributed by atoms with Crippen molar-refractivity contribution in [1.29, 1.82) is 0 Å². The van der Waals surface area contributed by atoms with Crippen LogP contribution in [0.2, 0.25) is 5.02 Å². The van der Waals surface area contributed by atoms with Crippen molar-refractivity contribution in [1.82, 2.24) is 9.78 Å². The highest BCUT2D eigenvalue weighted by molar-refractivity contribution is 6.31. The molecule has 8 heteroatoms. The summed E-state index contributed by atoms with van der Waals surface area (Å²) in [7, 11) is 1.71. The minimum atomic E-state index is -1.13. The third-order valence-electron chi connectivity index (χ3n) is 2.78. The van der Waals surface area contributed by atoms with E-state index < -0.39 is 17.9 Å². The van der Waals surface area contributed by atoms with Crippen LogP contribution in [0.5, 0.6) is 0 Å². The van der Waals surface area contributed by atoms with E-state index >= 15 is 0 Å². The Hall–Kier alpha value is -2.38. The number of aromatic carboxylic acids is 1. The molecular weight excluding hydrogens is 296 g/mol. The maximum Gasteiger partial charge on any atom is 0.335 e. The predicted molar refractivity (Wildman–Crippen MR) is 77.2 cm³/mol. The van der Waals surface area contributed by atoms with Gasteiger partial charge in [0.25, 0.3) is 0 Å². The summed E-state index contributed by atoms with van der Waals surface area (Å²) in [5, 5.41) is 15.6. The molecule has 1 atom stereocenters. The molecular formula is C13H13ClN4O3. The Morgan fingerprint density at radius 3 is 2.71 bits per heavy atom. The number of amides is 1. The molecule has 0 saturated heterocycles. The number of aromatic nitrogens is 2. The van der Waals surface area contributed by atoms with Crippen LogP contribution in [0.1, 0.15) is 22.0 Å². The lowest BCUT2D eigenvalue weighted by atomic mass is 10.1. The zero-order chi connectivity index (χ0) is 15.6. The van der Waals surface area contributed by atoms with E-state index in [1.807, 2.05) is 0 Å². The lowest BCUT2D eigenvalue weighted by Crippen LogP contribution is -2.27. The van der Waals surface area contributed by atoms with Gasteiger partial charge in [0, 0.05) is 29.5 Å². The van der Waals surface area contributed by atoms with Crippen LogP contribution < -0.4 is 11.1 Å². The monoisotopic (exact) mass is 308 g/mol. The average Bonchev–Trinajstić information content (AvgIpc) is 2.83. The highest BCUT2D eigenvalue weighted by Gasteiger charge is 2.18. The van der Waals surface area contributed by atoms with Crippen molar-refractivity contribution in [2.45, 2.75) is 6.04 Å². The Kier molecular flexibility index (Phi) is 4.25.